The summed E-state index contributed by atoms with van der Waals surface area (Å²) in [6.45, 7) is 1.23. The predicted molar refractivity (Wildman–Crippen MR) is 74.0 cm³/mol. The molecule has 0 fully saturated rings. The molecule has 2 unspecified atom stereocenters. The van der Waals surface area contributed by atoms with E-state index in [0.29, 0.717) is 0 Å². The third-order valence-electron chi connectivity index (χ3n) is 2.91. The molecule has 0 saturated carbocycles. The highest BCUT2D eigenvalue weighted by Gasteiger charge is 2.28. The van der Waals surface area contributed by atoms with Crippen LogP contribution in [0.3, 0.4) is 0 Å². The van der Waals surface area contributed by atoms with Crippen molar-refractivity contribution < 1.29 is 23.1 Å². The number of amides is 1. The van der Waals surface area contributed by atoms with Gasteiger partial charge in [0.25, 0.3) is 0 Å². The Kier molecular flexibility index (Phi) is 5.26. The van der Waals surface area contributed by atoms with Crippen molar-refractivity contribution in [1.82, 2.24) is 5.32 Å². The summed E-state index contributed by atoms with van der Waals surface area (Å²) in [7, 11) is -3.55. The fourth-order valence-corrected chi connectivity index (χ4v) is 1.99. The van der Waals surface area contributed by atoms with Gasteiger partial charge in [0.05, 0.1) is 0 Å². The van der Waals surface area contributed by atoms with Gasteiger partial charge in [-0.3, -0.25) is 4.79 Å². The van der Waals surface area contributed by atoms with E-state index >= 15 is 0 Å². The fourth-order valence-electron chi connectivity index (χ4n) is 1.53. The molecule has 1 rings (SSSR count). The highest BCUT2D eigenvalue weighted by Crippen LogP contribution is 2.05. The Labute approximate surface area is 117 Å². The summed E-state index contributed by atoms with van der Waals surface area (Å²) in [6, 6.07) is 7.63. The summed E-state index contributed by atoms with van der Waals surface area (Å²) in [4.78, 5) is 22.9. The second kappa shape index (κ2) is 6.51. The van der Waals surface area contributed by atoms with E-state index in [1.165, 1.54) is 6.92 Å². The van der Waals surface area contributed by atoms with Crippen molar-refractivity contribution in [2.45, 2.75) is 24.6 Å². The number of carboxylic acid groups (broad SMARTS) is 1. The Morgan fingerprint density at radius 3 is 2.25 bits per heavy atom. The molecule has 110 valence electrons. The molecule has 0 heterocycles. The number of nitrogens with one attached hydrogen (secondary N) is 1. The second-order valence-electron chi connectivity index (χ2n) is 4.56. The minimum absolute atomic E-state index is 0.0956. The van der Waals surface area contributed by atoms with Crippen LogP contribution < -0.4 is 5.32 Å². The summed E-state index contributed by atoms with van der Waals surface area (Å²) >= 11 is 0. The highest BCUT2D eigenvalue weighted by molar-refractivity contribution is 7.92. The number of carbonyl (C=O) groups excluding carboxylic acids is 1. The van der Waals surface area contributed by atoms with Crippen molar-refractivity contribution in [3.63, 3.8) is 0 Å². The number of aliphatic carboxylic acids is 1. The van der Waals surface area contributed by atoms with Crippen LogP contribution in [0.25, 0.3) is 0 Å². The van der Waals surface area contributed by atoms with Gasteiger partial charge >= 0.3 is 5.97 Å². The highest BCUT2D eigenvalue weighted by atomic mass is 32.2. The Morgan fingerprint density at radius 1 is 1.25 bits per heavy atom. The van der Waals surface area contributed by atoms with Crippen molar-refractivity contribution in [3.05, 3.63) is 35.9 Å². The van der Waals surface area contributed by atoms with Crippen molar-refractivity contribution >= 4 is 21.7 Å². The Morgan fingerprint density at radius 2 is 1.80 bits per heavy atom. The molecule has 0 aliphatic carbocycles. The van der Waals surface area contributed by atoms with E-state index in [9.17, 15) is 18.0 Å². The first-order chi connectivity index (χ1) is 9.21. The third kappa shape index (κ3) is 4.65. The number of hydrogen-bond acceptors (Lipinski definition) is 4. The van der Waals surface area contributed by atoms with Gasteiger partial charge in [0, 0.05) is 12.7 Å². The number of carboxylic acids is 1. The maximum atomic E-state index is 11.7. The maximum absolute atomic E-state index is 11.7. The molecular formula is C13H17NO5S. The minimum Gasteiger partial charge on any atom is -0.480 e. The summed E-state index contributed by atoms with van der Waals surface area (Å²) in [5.74, 6) is -2.02. The topological polar surface area (TPSA) is 101 Å². The molecule has 1 aromatic rings. The van der Waals surface area contributed by atoms with Gasteiger partial charge in [-0.05, 0) is 12.5 Å². The van der Waals surface area contributed by atoms with Crippen LogP contribution >= 0.6 is 0 Å². The number of sulfone groups is 1. The lowest BCUT2D eigenvalue weighted by Crippen LogP contribution is -2.47. The van der Waals surface area contributed by atoms with Gasteiger partial charge in [0.2, 0.25) is 5.91 Å². The Balaban J connectivity index is 2.79. The molecule has 1 amide bonds. The molecule has 0 aliphatic heterocycles. The largest absolute Gasteiger partial charge is 0.480 e. The fraction of sp³-hybridized carbons (Fsp3) is 0.385. The molecule has 0 aliphatic rings. The molecule has 2 atom stereocenters. The van der Waals surface area contributed by atoms with Crippen molar-refractivity contribution in [1.29, 1.82) is 0 Å². The first-order valence-corrected chi connectivity index (χ1v) is 7.93. The smallest absolute Gasteiger partial charge is 0.326 e. The van der Waals surface area contributed by atoms with Crippen LogP contribution in [0.1, 0.15) is 12.5 Å². The lowest BCUT2D eigenvalue weighted by atomic mass is 10.1. The van der Waals surface area contributed by atoms with E-state index in [0.717, 1.165) is 11.8 Å². The number of hydrogen-bond donors (Lipinski definition) is 2. The third-order valence-corrected chi connectivity index (χ3v) is 4.41. The average molecular weight is 299 g/mol. The van der Waals surface area contributed by atoms with Gasteiger partial charge in [-0.15, -0.1) is 0 Å². The molecule has 1 aromatic carbocycles. The monoisotopic (exact) mass is 299 g/mol. The van der Waals surface area contributed by atoms with Gasteiger partial charge in [0.15, 0.2) is 9.84 Å². The zero-order valence-corrected chi connectivity index (χ0v) is 12.1. The molecule has 0 saturated heterocycles. The van der Waals surface area contributed by atoms with Crippen molar-refractivity contribution in [2.75, 3.05) is 6.26 Å². The molecule has 0 bridgehead atoms. The Hall–Kier alpha value is -1.89. The molecule has 0 aromatic heterocycles. The van der Waals surface area contributed by atoms with E-state index in [1.54, 1.807) is 30.3 Å². The summed E-state index contributed by atoms with van der Waals surface area (Å²) in [5, 5.41) is 10.1. The minimum atomic E-state index is -3.55. The molecule has 0 spiro atoms. The Bertz CT molecular complexity index is 582. The van der Waals surface area contributed by atoms with Crippen LogP contribution in [0.4, 0.5) is 0 Å². The second-order valence-corrected chi connectivity index (χ2v) is 6.93. The van der Waals surface area contributed by atoms with Crippen LogP contribution in [0.15, 0.2) is 30.3 Å². The summed E-state index contributed by atoms with van der Waals surface area (Å²) in [6.07, 6.45) is 1.03. The van der Waals surface area contributed by atoms with E-state index in [1.807, 2.05) is 0 Å². The van der Waals surface area contributed by atoms with Crippen LogP contribution in [-0.4, -0.2) is 42.9 Å². The zero-order valence-electron chi connectivity index (χ0n) is 11.2. The maximum Gasteiger partial charge on any atom is 0.326 e. The molecule has 0 radical (unpaired) electrons. The molecule has 20 heavy (non-hydrogen) atoms. The average Bonchev–Trinajstić information content (AvgIpc) is 2.37. The van der Waals surface area contributed by atoms with E-state index in [4.69, 9.17) is 5.11 Å². The van der Waals surface area contributed by atoms with Gasteiger partial charge in [0.1, 0.15) is 11.3 Å². The van der Waals surface area contributed by atoms with E-state index in [2.05, 4.69) is 5.32 Å². The van der Waals surface area contributed by atoms with Gasteiger partial charge in [-0.1, -0.05) is 30.3 Å². The molecule has 6 nitrogen and oxygen atoms in total. The molecular weight excluding hydrogens is 282 g/mol. The normalized spacial score (nSPS) is 14.3. The zero-order chi connectivity index (χ0) is 15.3. The van der Waals surface area contributed by atoms with E-state index in [-0.39, 0.29) is 6.42 Å². The van der Waals surface area contributed by atoms with Gasteiger partial charge in [-0.2, -0.15) is 0 Å². The standard InChI is InChI=1S/C13H17NO5S/c1-9(20(2,18)19)12(15)14-11(13(16)17)8-10-6-4-3-5-7-10/h3-7,9,11H,8H2,1-2H3,(H,14,15)(H,16,17). The lowest BCUT2D eigenvalue weighted by Gasteiger charge is -2.17. The van der Waals surface area contributed by atoms with Gasteiger partial charge in [-0.25, -0.2) is 13.2 Å². The van der Waals surface area contributed by atoms with Crippen LogP contribution in [-0.2, 0) is 25.8 Å². The van der Waals surface area contributed by atoms with Crippen LogP contribution in [0.5, 0.6) is 0 Å². The lowest BCUT2D eigenvalue weighted by molar-refractivity contribution is -0.141. The predicted octanol–water partition coefficient (Wildman–Crippen LogP) is 0.232. The summed E-state index contributed by atoms with van der Waals surface area (Å²) < 4.78 is 22.5. The van der Waals surface area contributed by atoms with Crippen molar-refractivity contribution in [2.24, 2.45) is 0 Å². The summed E-state index contributed by atoms with van der Waals surface area (Å²) in [5.41, 5.74) is 0.743. The quantitative estimate of drug-likeness (QED) is 0.783. The van der Waals surface area contributed by atoms with Crippen molar-refractivity contribution in [3.8, 4) is 0 Å². The van der Waals surface area contributed by atoms with Gasteiger partial charge < -0.3 is 10.4 Å². The number of benzene rings is 1. The van der Waals surface area contributed by atoms with E-state index < -0.39 is 33.0 Å². The number of carbonyl (C=O) groups is 2. The first kappa shape index (κ1) is 16.2. The first-order valence-electron chi connectivity index (χ1n) is 5.97. The molecule has 2 N–H and O–H groups in total. The van der Waals surface area contributed by atoms with Crippen LogP contribution in [0, 0.1) is 0 Å². The number of rotatable bonds is 6. The SMILES string of the molecule is CC(C(=O)NC(Cc1ccccc1)C(=O)O)S(C)(=O)=O. The molecule has 7 heteroatoms. The van der Waals surface area contributed by atoms with Crippen LogP contribution in [0.2, 0.25) is 0 Å².